The van der Waals surface area contributed by atoms with Gasteiger partial charge >= 0.3 is 0 Å². The average Bonchev–Trinajstić information content (AvgIpc) is 3.24. The van der Waals surface area contributed by atoms with Gasteiger partial charge < -0.3 is 19.5 Å². The first-order valence-electron chi connectivity index (χ1n) is 9.64. The third-order valence-corrected chi connectivity index (χ3v) is 5.94. The molecule has 0 amide bonds. The molecule has 0 spiro atoms. The maximum atomic E-state index is 10.8. The zero-order valence-corrected chi connectivity index (χ0v) is 18.3. The molecule has 0 saturated heterocycles. The third-order valence-electron chi connectivity index (χ3n) is 4.95. The lowest BCUT2D eigenvalue weighted by Crippen LogP contribution is -1.98. The molecule has 1 aromatic heterocycles. The molecule has 0 fully saturated rings. The van der Waals surface area contributed by atoms with Gasteiger partial charge in [-0.25, -0.2) is 4.98 Å². The van der Waals surface area contributed by atoms with Crippen molar-refractivity contribution in [2.45, 2.75) is 6.54 Å². The number of thiazole rings is 1. The summed E-state index contributed by atoms with van der Waals surface area (Å²) >= 11 is 1.60. The van der Waals surface area contributed by atoms with Crippen molar-refractivity contribution >= 4 is 33.0 Å². The van der Waals surface area contributed by atoms with Crippen LogP contribution in [0, 0.1) is 0 Å². The fraction of sp³-hybridized carbons (Fsp3) is 0.167. The number of aldehydes is 1. The van der Waals surface area contributed by atoms with Crippen LogP contribution in [0.3, 0.4) is 0 Å². The molecule has 0 radical (unpaired) electrons. The van der Waals surface area contributed by atoms with Gasteiger partial charge in [0.2, 0.25) is 5.75 Å². The number of methoxy groups -OCH3 is 3. The number of fused-ring (bicyclic) bond motifs is 1. The van der Waals surface area contributed by atoms with Crippen LogP contribution in [-0.2, 0) is 6.54 Å². The zero-order chi connectivity index (χ0) is 21.8. The molecule has 3 aromatic carbocycles. The number of nitrogens with one attached hydrogen (secondary N) is 1. The van der Waals surface area contributed by atoms with Crippen LogP contribution in [0.4, 0.5) is 5.13 Å². The van der Waals surface area contributed by atoms with Crippen molar-refractivity contribution in [1.29, 1.82) is 0 Å². The van der Waals surface area contributed by atoms with Crippen LogP contribution in [0.1, 0.15) is 15.9 Å². The minimum absolute atomic E-state index is 0.566. The maximum Gasteiger partial charge on any atom is 0.203 e. The standard InChI is InChI=1S/C24H22N2O4S/c1-28-20-11-18(12-21(29-2)23(20)30-3)17-8-9-22-19(10-17)26-24(31-22)25-13-15-4-6-16(14-27)7-5-15/h4-12,14H,13H2,1-3H3,(H,25,26). The van der Waals surface area contributed by atoms with E-state index in [2.05, 4.69) is 23.5 Å². The Hall–Kier alpha value is -3.58. The van der Waals surface area contributed by atoms with E-state index in [1.165, 1.54) is 0 Å². The van der Waals surface area contributed by atoms with Gasteiger partial charge in [0, 0.05) is 12.1 Å². The van der Waals surface area contributed by atoms with Crippen molar-refractivity contribution in [2.24, 2.45) is 0 Å². The molecule has 6 nitrogen and oxygen atoms in total. The highest BCUT2D eigenvalue weighted by Crippen LogP contribution is 2.42. The Labute approximate surface area is 184 Å². The second kappa shape index (κ2) is 9.06. The first kappa shape index (κ1) is 20.7. The zero-order valence-electron chi connectivity index (χ0n) is 17.5. The third kappa shape index (κ3) is 4.32. The molecule has 0 unspecified atom stereocenters. The monoisotopic (exact) mass is 434 g/mol. The van der Waals surface area contributed by atoms with Crippen LogP contribution in [0.15, 0.2) is 54.6 Å². The van der Waals surface area contributed by atoms with Crippen LogP contribution in [-0.4, -0.2) is 32.6 Å². The molecule has 31 heavy (non-hydrogen) atoms. The number of anilines is 1. The molecular weight excluding hydrogens is 412 g/mol. The largest absolute Gasteiger partial charge is 0.493 e. The number of carbonyl (C=O) groups is 1. The highest BCUT2D eigenvalue weighted by Gasteiger charge is 2.15. The Balaban J connectivity index is 1.59. The summed E-state index contributed by atoms with van der Waals surface area (Å²) in [5.41, 5.74) is 4.63. The molecule has 0 bridgehead atoms. The Morgan fingerprint density at radius 1 is 0.903 bits per heavy atom. The molecule has 158 valence electrons. The lowest BCUT2D eigenvalue weighted by molar-refractivity contribution is 0.112. The minimum Gasteiger partial charge on any atom is -0.493 e. The first-order chi connectivity index (χ1) is 15.1. The molecular formula is C24H22N2O4S. The van der Waals surface area contributed by atoms with Gasteiger partial charge in [-0.1, -0.05) is 41.7 Å². The van der Waals surface area contributed by atoms with Crippen molar-refractivity contribution in [1.82, 2.24) is 4.98 Å². The fourth-order valence-electron chi connectivity index (χ4n) is 3.32. The molecule has 4 rings (SSSR count). The van der Waals surface area contributed by atoms with E-state index >= 15 is 0 Å². The van der Waals surface area contributed by atoms with Crippen molar-refractivity contribution < 1.29 is 19.0 Å². The number of carbonyl (C=O) groups excluding carboxylic acids is 1. The number of aromatic nitrogens is 1. The van der Waals surface area contributed by atoms with Crippen LogP contribution in [0.5, 0.6) is 17.2 Å². The van der Waals surface area contributed by atoms with Gasteiger partial charge in [-0.2, -0.15) is 0 Å². The number of rotatable bonds is 8. The fourth-order valence-corrected chi connectivity index (χ4v) is 4.16. The summed E-state index contributed by atoms with van der Waals surface area (Å²) < 4.78 is 17.5. The van der Waals surface area contributed by atoms with E-state index < -0.39 is 0 Å². The summed E-state index contributed by atoms with van der Waals surface area (Å²) in [7, 11) is 4.80. The van der Waals surface area contributed by atoms with Gasteiger partial charge in [-0.3, -0.25) is 4.79 Å². The van der Waals surface area contributed by atoms with Crippen molar-refractivity contribution in [3.8, 4) is 28.4 Å². The van der Waals surface area contributed by atoms with Crippen molar-refractivity contribution in [3.05, 3.63) is 65.7 Å². The normalized spacial score (nSPS) is 10.7. The molecule has 1 N–H and O–H groups in total. The van der Waals surface area contributed by atoms with E-state index in [0.29, 0.717) is 29.4 Å². The van der Waals surface area contributed by atoms with Crippen molar-refractivity contribution in [2.75, 3.05) is 26.6 Å². The highest BCUT2D eigenvalue weighted by molar-refractivity contribution is 7.22. The maximum absolute atomic E-state index is 10.8. The summed E-state index contributed by atoms with van der Waals surface area (Å²) in [6, 6.07) is 17.5. The second-order valence-corrected chi connectivity index (χ2v) is 7.86. The molecule has 0 aliphatic carbocycles. The van der Waals surface area contributed by atoms with E-state index in [9.17, 15) is 4.79 Å². The summed E-state index contributed by atoms with van der Waals surface area (Å²) in [4.78, 5) is 15.5. The van der Waals surface area contributed by atoms with Gasteiger partial charge in [-0.15, -0.1) is 0 Å². The van der Waals surface area contributed by atoms with E-state index in [0.717, 1.165) is 38.3 Å². The van der Waals surface area contributed by atoms with Gasteiger partial charge in [0.15, 0.2) is 16.6 Å². The van der Waals surface area contributed by atoms with E-state index in [1.54, 1.807) is 32.7 Å². The second-order valence-electron chi connectivity index (χ2n) is 6.83. The van der Waals surface area contributed by atoms with Crippen LogP contribution in [0.25, 0.3) is 21.3 Å². The predicted molar refractivity (Wildman–Crippen MR) is 124 cm³/mol. The highest BCUT2D eigenvalue weighted by atomic mass is 32.1. The minimum atomic E-state index is 0.566. The Bertz CT molecular complexity index is 1190. The predicted octanol–water partition coefficient (Wildman–Crippen LogP) is 5.41. The Morgan fingerprint density at radius 3 is 2.23 bits per heavy atom. The smallest absolute Gasteiger partial charge is 0.203 e. The lowest BCUT2D eigenvalue weighted by Gasteiger charge is -2.14. The summed E-state index contributed by atoms with van der Waals surface area (Å²) in [6.45, 7) is 0.638. The first-order valence-corrected chi connectivity index (χ1v) is 10.5. The lowest BCUT2D eigenvalue weighted by atomic mass is 10.0. The molecule has 1 heterocycles. The van der Waals surface area contributed by atoms with Crippen LogP contribution in [0.2, 0.25) is 0 Å². The number of hydrogen-bond acceptors (Lipinski definition) is 7. The van der Waals surface area contributed by atoms with Gasteiger partial charge in [0.1, 0.15) is 6.29 Å². The number of ether oxygens (including phenoxy) is 3. The Morgan fingerprint density at radius 2 is 1.61 bits per heavy atom. The molecule has 4 aromatic rings. The summed E-state index contributed by atoms with van der Waals surface area (Å²) in [6.07, 6.45) is 0.844. The SMILES string of the molecule is COc1cc(-c2ccc3sc(NCc4ccc(C=O)cc4)nc3c2)cc(OC)c1OC. The van der Waals surface area contributed by atoms with Crippen molar-refractivity contribution in [3.63, 3.8) is 0 Å². The molecule has 0 saturated carbocycles. The topological polar surface area (TPSA) is 69.7 Å². The number of hydrogen-bond donors (Lipinski definition) is 1. The quantitative estimate of drug-likeness (QED) is 0.374. The van der Waals surface area contributed by atoms with Gasteiger partial charge in [-0.05, 0) is 41.0 Å². The van der Waals surface area contributed by atoms with E-state index in [1.807, 2.05) is 36.4 Å². The summed E-state index contributed by atoms with van der Waals surface area (Å²) in [5, 5.41) is 4.21. The average molecular weight is 435 g/mol. The molecule has 7 heteroatoms. The molecule has 0 atom stereocenters. The van der Waals surface area contributed by atoms with Crippen LogP contribution >= 0.6 is 11.3 Å². The molecule has 0 aliphatic heterocycles. The van der Waals surface area contributed by atoms with E-state index in [4.69, 9.17) is 19.2 Å². The summed E-state index contributed by atoms with van der Waals surface area (Å²) in [5.74, 6) is 1.78. The van der Waals surface area contributed by atoms with Gasteiger partial charge in [0.05, 0.1) is 31.5 Å². The molecule has 0 aliphatic rings. The number of benzene rings is 3. The van der Waals surface area contributed by atoms with E-state index in [-0.39, 0.29) is 0 Å². The number of nitrogens with zero attached hydrogens (tertiary/aromatic N) is 1. The van der Waals surface area contributed by atoms with Gasteiger partial charge in [0.25, 0.3) is 0 Å². The Kier molecular flexibility index (Phi) is 6.04. The van der Waals surface area contributed by atoms with Crippen LogP contribution < -0.4 is 19.5 Å².